The van der Waals surface area contributed by atoms with Crippen molar-refractivity contribution in [3.8, 4) is 0 Å². The minimum absolute atomic E-state index is 0. The fourth-order valence-electron chi connectivity index (χ4n) is 0.770. The van der Waals surface area contributed by atoms with Gasteiger partial charge in [0.2, 0.25) is 0 Å². The summed E-state index contributed by atoms with van der Waals surface area (Å²) in [4.78, 5) is 0. The monoisotopic (exact) mass is 412 g/mol. The Kier molecular flexibility index (Phi) is 15.1. The standard InChI is InChI=1S/2C6H6.2HI/c2*1-2-4-6-5-3-1;;/h2*1-6H;2*1H. The third-order valence-corrected chi connectivity index (χ3v) is 1.33. The predicted octanol–water partition coefficient (Wildman–Crippen LogP) is 4.61. The first-order chi connectivity index (χ1) is 6.00. The number of hydrogen-bond donors (Lipinski definition) is 0. The highest BCUT2D eigenvalue weighted by atomic mass is 127. The highest BCUT2D eigenvalue weighted by molar-refractivity contribution is 14.0. The number of halogens is 2. The molecule has 0 fully saturated rings. The Morgan fingerprint density at radius 1 is 0.214 bits per heavy atom. The van der Waals surface area contributed by atoms with Crippen LogP contribution in [0.2, 0.25) is 0 Å². The molecular weight excluding hydrogens is 398 g/mol. The molecule has 2 rings (SSSR count). The van der Waals surface area contributed by atoms with E-state index in [0.29, 0.717) is 0 Å². The summed E-state index contributed by atoms with van der Waals surface area (Å²) < 4.78 is 0. The van der Waals surface area contributed by atoms with Crippen molar-refractivity contribution in [2.75, 3.05) is 0 Å². The summed E-state index contributed by atoms with van der Waals surface area (Å²) in [6.45, 7) is 0. The minimum atomic E-state index is 0. The lowest BCUT2D eigenvalue weighted by atomic mass is 10.4. The summed E-state index contributed by atoms with van der Waals surface area (Å²) in [6.07, 6.45) is 0. The third kappa shape index (κ3) is 9.98. The first-order valence-corrected chi connectivity index (χ1v) is 4.00. The fourth-order valence-corrected chi connectivity index (χ4v) is 0.770. The van der Waals surface area contributed by atoms with Crippen LogP contribution >= 0.6 is 48.0 Å². The lowest BCUT2D eigenvalue weighted by molar-refractivity contribution is 1.72. The fraction of sp³-hybridized carbons (Fsp3) is 0. The van der Waals surface area contributed by atoms with Crippen LogP contribution in [0.3, 0.4) is 0 Å². The molecule has 0 saturated heterocycles. The van der Waals surface area contributed by atoms with Crippen molar-refractivity contribution in [2.24, 2.45) is 0 Å². The van der Waals surface area contributed by atoms with Gasteiger partial charge in [0.15, 0.2) is 0 Å². The van der Waals surface area contributed by atoms with Gasteiger partial charge in [-0.2, -0.15) is 0 Å². The summed E-state index contributed by atoms with van der Waals surface area (Å²) in [6, 6.07) is 24.0. The second-order valence-electron chi connectivity index (χ2n) is 2.31. The Hall–Kier alpha value is -0.1000. The quantitative estimate of drug-likeness (QED) is 0.555. The SMILES string of the molecule is I.I.c1ccccc1.c1ccccc1. The summed E-state index contributed by atoms with van der Waals surface area (Å²) in [5.74, 6) is 0. The van der Waals surface area contributed by atoms with E-state index in [9.17, 15) is 0 Å². The zero-order chi connectivity index (χ0) is 8.49. The van der Waals surface area contributed by atoms with Gasteiger partial charge in [0.05, 0.1) is 0 Å². The van der Waals surface area contributed by atoms with Gasteiger partial charge in [0, 0.05) is 0 Å². The molecule has 2 aromatic carbocycles. The molecule has 0 aliphatic carbocycles. The van der Waals surface area contributed by atoms with E-state index >= 15 is 0 Å². The zero-order valence-corrected chi connectivity index (χ0v) is 12.4. The third-order valence-electron chi connectivity index (χ3n) is 1.33. The van der Waals surface area contributed by atoms with Crippen molar-refractivity contribution in [2.45, 2.75) is 0 Å². The van der Waals surface area contributed by atoms with Gasteiger partial charge in [-0.25, -0.2) is 0 Å². The average molecular weight is 412 g/mol. The van der Waals surface area contributed by atoms with Crippen LogP contribution in [0.4, 0.5) is 0 Å². The lowest BCUT2D eigenvalue weighted by Gasteiger charge is -1.69. The predicted molar refractivity (Wildman–Crippen MR) is 83.7 cm³/mol. The largest absolute Gasteiger partial charge is 0.107 e. The maximum atomic E-state index is 2.00. The summed E-state index contributed by atoms with van der Waals surface area (Å²) in [5, 5.41) is 0. The molecule has 0 aromatic heterocycles. The summed E-state index contributed by atoms with van der Waals surface area (Å²) in [5.41, 5.74) is 0. The first-order valence-electron chi connectivity index (χ1n) is 4.00. The highest BCUT2D eigenvalue weighted by Crippen LogP contribution is 1.80. The second-order valence-corrected chi connectivity index (χ2v) is 2.31. The Bertz CT molecular complexity index is 184. The van der Waals surface area contributed by atoms with Crippen molar-refractivity contribution in [1.82, 2.24) is 0 Å². The van der Waals surface area contributed by atoms with Crippen LogP contribution in [0.15, 0.2) is 72.8 Å². The molecule has 0 aliphatic rings. The first kappa shape index (κ1) is 16.3. The molecule has 0 N–H and O–H groups in total. The van der Waals surface area contributed by atoms with E-state index in [1.165, 1.54) is 0 Å². The second kappa shape index (κ2) is 12.9. The molecule has 0 atom stereocenters. The topological polar surface area (TPSA) is 0 Å². The molecule has 14 heavy (non-hydrogen) atoms. The molecule has 0 unspecified atom stereocenters. The van der Waals surface area contributed by atoms with Crippen LogP contribution in [0, 0.1) is 0 Å². The van der Waals surface area contributed by atoms with Gasteiger partial charge in [-0.05, 0) is 0 Å². The Balaban J connectivity index is 0. The van der Waals surface area contributed by atoms with Crippen LogP contribution in [0.1, 0.15) is 0 Å². The van der Waals surface area contributed by atoms with E-state index < -0.39 is 0 Å². The highest BCUT2D eigenvalue weighted by Gasteiger charge is 1.58. The van der Waals surface area contributed by atoms with Gasteiger partial charge >= 0.3 is 0 Å². The molecule has 0 nitrogen and oxygen atoms in total. The van der Waals surface area contributed by atoms with Gasteiger partial charge < -0.3 is 0 Å². The van der Waals surface area contributed by atoms with Crippen molar-refractivity contribution >= 4 is 48.0 Å². The van der Waals surface area contributed by atoms with Crippen molar-refractivity contribution in [3.63, 3.8) is 0 Å². The van der Waals surface area contributed by atoms with E-state index in [-0.39, 0.29) is 48.0 Å². The van der Waals surface area contributed by atoms with E-state index in [0.717, 1.165) is 0 Å². The van der Waals surface area contributed by atoms with Crippen molar-refractivity contribution < 1.29 is 0 Å². The van der Waals surface area contributed by atoms with Gasteiger partial charge in [0.1, 0.15) is 0 Å². The minimum Gasteiger partial charge on any atom is -0.107 e. The molecule has 0 radical (unpaired) electrons. The number of hydrogen-bond acceptors (Lipinski definition) is 0. The van der Waals surface area contributed by atoms with Crippen LogP contribution < -0.4 is 0 Å². The van der Waals surface area contributed by atoms with Crippen LogP contribution in [-0.4, -0.2) is 0 Å². The number of rotatable bonds is 0. The molecule has 2 heteroatoms. The normalized spacial score (nSPS) is 6.86. The average Bonchev–Trinajstić information content (AvgIpc) is 2.24. The zero-order valence-electron chi connectivity index (χ0n) is 7.74. The van der Waals surface area contributed by atoms with Gasteiger partial charge in [-0.3, -0.25) is 0 Å². The van der Waals surface area contributed by atoms with Gasteiger partial charge in [-0.15, -0.1) is 48.0 Å². The Morgan fingerprint density at radius 2 is 0.286 bits per heavy atom. The van der Waals surface area contributed by atoms with Crippen molar-refractivity contribution in [1.29, 1.82) is 0 Å². The molecule has 76 valence electrons. The molecular formula is C12H14I2. The maximum Gasteiger partial charge on any atom is -0.0623 e. The van der Waals surface area contributed by atoms with Gasteiger partial charge in [0.25, 0.3) is 0 Å². The van der Waals surface area contributed by atoms with Crippen LogP contribution in [0.5, 0.6) is 0 Å². The van der Waals surface area contributed by atoms with Crippen LogP contribution in [-0.2, 0) is 0 Å². The molecule has 0 amide bonds. The molecule has 0 bridgehead atoms. The number of benzene rings is 2. The van der Waals surface area contributed by atoms with Crippen LogP contribution in [0.25, 0.3) is 0 Å². The maximum absolute atomic E-state index is 2.00. The molecule has 0 spiro atoms. The lowest BCUT2D eigenvalue weighted by Crippen LogP contribution is -1.47. The summed E-state index contributed by atoms with van der Waals surface area (Å²) in [7, 11) is 0. The molecule has 0 heterocycles. The Labute approximate surface area is 120 Å². The van der Waals surface area contributed by atoms with Crippen molar-refractivity contribution in [3.05, 3.63) is 72.8 Å². The molecule has 0 saturated carbocycles. The van der Waals surface area contributed by atoms with Gasteiger partial charge in [-0.1, -0.05) is 72.8 Å². The van der Waals surface area contributed by atoms with E-state index in [1.54, 1.807) is 0 Å². The molecule has 2 aromatic rings. The summed E-state index contributed by atoms with van der Waals surface area (Å²) >= 11 is 0. The molecule has 0 aliphatic heterocycles. The van der Waals surface area contributed by atoms with E-state index in [2.05, 4.69) is 0 Å². The Morgan fingerprint density at radius 3 is 0.357 bits per heavy atom. The smallest absolute Gasteiger partial charge is 0.0623 e. The van der Waals surface area contributed by atoms with E-state index in [4.69, 9.17) is 0 Å². The van der Waals surface area contributed by atoms with E-state index in [1.807, 2.05) is 72.8 Å².